The Balaban J connectivity index is 1.000. The van der Waals surface area contributed by atoms with Gasteiger partial charge in [-0.15, -0.1) is 0 Å². The van der Waals surface area contributed by atoms with Crippen LogP contribution in [0.15, 0.2) is 72.9 Å². The predicted octanol–water partition coefficient (Wildman–Crippen LogP) is 6.73. The van der Waals surface area contributed by atoms with E-state index in [0.717, 1.165) is 97.5 Å². The summed E-state index contributed by atoms with van der Waals surface area (Å²) < 4.78 is 21.1. The van der Waals surface area contributed by atoms with Gasteiger partial charge in [-0.1, -0.05) is 11.6 Å². The Bertz CT molecular complexity index is 1770. The minimum absolute atomic E-state index is 0.0821. The van der Waals surface area contributed by atoms with Crippen LogP contribution in [0.5, 0.6) is 5.75 Å². The third-order valence-electron chi connectivity index (χ3n) is 9.04. The van der Waals surface area contributed by atoms with Gasteiger partial charge in [-0.25, -0.2) is 4.39 Å². The van der Waals surface area contributed by atoms with Crippen molar-refractivity contribution < 1.29 is 13.9 Å². The number of H-pyrrole nitrogens is 1. The molecular formula is C34H35ClFN5O2. The second-order valence-corrected chi connectivity index (χ2v) is 12.0. The summed E-state index contributed by atoms with van der Waals surface area (Å²) in [6.45, 7) is 5.48. The number of methoxy groups -OCH3 is 1. The van der Waals surface area contributed by atoms with Gasteiger partial charge in [0.05, 0.1) is 18.3 Å². The van der Waals surface area contributed by atoms with Crippen molar-refractivity contribution >= 4 is 45.0 Å². The van der Waals surface area contributed by atoms with Crippen LogP contribution in [-0.4, -0.2) is 77.7 Å². The third kappa shape index (κ3) is 5.45. The summed E-state index contributed by atoms with van der Waals surface area (Å²) in [5.74, 6) is 0.620. The average Bonchev–Trinajstić information content (AvgIpc) is 3.77. The molecule has 3 aromatic carbocycles. The van der Waals surface area contributed by atoms with E-state index < -0.39 is 0 Å². The smallest absolute Gasteiger partial charge is 0.270 e. The maximum absolute atomic E-state index is 13.6. The number of aromatic amines is 1. The second-order valence-electron chi connectivity index (χ2n) is 11.6. The third-order valence-corrected chi connectivity index (χ3v) is 9.27. The normalized spacial score (nSPS) is 17.8. The van der Waals surface area contributed by atoms with Crippen LogP contribution in [0.4, 0.5) is 10.1 Å². The van der Waals surface area contributed by atoms with Crippen molar-refractivity contribution in [1.29, 1.82) is 0 Å². The molecule has 1 amide bonds. The first-order chi connectivity index (χ1) is 21.0. The Kier molecular flexibility index (Phi) is 7.49. The van der Waals surface area contributed by atoms with Crippen LogP contribution in [0, 0.1) is 5.82 Å². The minimum atomic E-state index is -0.247. The molecule has 0 radical (unpaired) electrons. The van der Waals surface area contributed by atoms with E-state index in [-0.39, 0.29) is 17.8 Å². The van der Waals surface area contributed by atoms with E-state index in [2.05, 4.69) is 30.4 Å². The second kappa shape index (κ2) is 11.6. The zero-order valence-corrected chi connectivity index (χ0v) is 25.0. The molecule has 43 heavy (non-hydrogen) atoms. The fraction of sp³-hybridized carbons (Fsp3) is 0.324. The lowest BCUT2D eigenvalue weighted by Gasteiger charge is -2.36. The van der Waals surface area contributed by atoms with Gasteiger partial charge in [0, 0.05) is 78.5 Å². The highest BCUT2D eigenvalue weighted by Gasteiger charge is 2.31. The lowest BCUT2D eigenvalue weighted by atomic mass is 10.1. The fourth-order valence-electron chi connectivity index (χ4n) is 6.71. The number of carbonyl (C=O) groups excluding carboxylic acids is 1. The molecule has 2 aliphatic rings. The van der Waals surface area contributed by atoms with Crippen LogP contribution in [0.1, 0.15) is 29.8 Å². The van der Waals surface area contributed by atoms with Gasteiger partial charge in [-0.05, 0) is 86.0 Å². The minimum Gasteiger partial charge on any atom is -0.497 e. The van der Waals surface area contributed by atoms with E-state index in [9.17, 15) is 9.18 Å². The number of anilines is 1. The molecule has 7 rings (SSSR count). The zero-order valence-electron chi connectivity index (χ0n) is 24.2. The number of carbonyl (C=O) groups is 1. The molecule has 1 N–H and O–H groups in total. The molecule has 2 aromatic heterocycles. The number of nitrogens with zero attached hydrogens (tertiary/aromatic N) is 4. The van der Waals surface area contributed by atoms with E-state index >= 15 is 0 Å². The molecule has 0 unspecified atom stereocenters. The van der Waals surface area contributed by atoms with Crippen LogP contribution in [0.2, 0.25) is 5.02 Å². The molecule has 4 heterocycles. The van der Waals surface area contributed by atoms with Gasteiger partial charge in [-0.3, -0.25) is 9.69 Å². The molecule has 0 saturated carbocycles. The Morgan fingerprint density at radius 3 is 2.60 bits per heavy atom. The quantitative estimate of drug-likeness (QED) is 0.225. The van der Waals surface area contributed by atoms with Crippen molar-refractivity contribution in [2.24, 2.45) is 0 Å². The van der Waals surface area contributed by atoms with Crippen LogP contribution in [-0.2, 0) is 0 Å². The number of piperazine rings is 1. The van der Waals surface area contributed by atoms with Gasteiger partial charge in [-0.2, -0.15) is 0 Å². The van der Waals surface area contributed by atoms with Crippen molar-refractivity contribution in [3.05, 3.63) is 89.5 Å². The molecule has 9 heteroatoms. The molecule has 2 fully saturated rings. The van der Waals surface area contributed by atoms with Gasteiger partial charge < -0.3 is 24.1 Å². The molecule has 7 nitrogen and oxygen atoms in total. The fourth-order valence-corrected chi connectivity index (χ4v) is 6.88. The zero-order chi connectivity index (χ0) is 29.5. The molecule has 222 valence electrons. The Morgan fingerprint density at radius 2 is 1.81 bits per heavy atom. The lowest BCUT2D eigenvalue weighted by Crippen LogP contribution is -2.47. The van der Waals surface area contributed by atoms with E-state index in [1.54, 1.807) is 19.2 Å². The first kappa shape index (κ1) is 27.8. The van der Waals surface area contributed by atoms with E-state index in [1.807, 2.05) is 42.5 Å². The number of aromatic nitrogens is 2. The van der Waals surface area contributed by atoms with Crippen LogP contribution >= 0.6 is 11.6 Å². The predicted molar refractivity (Wildman–Crippen MR) is 170 cm³/mol. The number of benzene rings is 3. The summed E-state index contributed by atoms with van der Waals surface area (Å²) in [5.41, 5.74) is 4.70. The Hall–Kier alpha value is -4.01. The lowest BCUT2D eigenvalue weighted by molar-refractivity contribution is 0.0715. The van der Waals surface area contributed by atoms with Crippen molar-refractivity contribution in [3.63, 3.8) is 0 Å². The van der Waals surface area contributed by atoms with Crippen molar-refractivity contribution in [2.45, 2.75) is 25.3 Å². The van der Waals surface area contributed by atoms with Crippen LogP contribution < -0.4 is 9.64 Å². The van der Waals surface area contributed by atoms with Gasteiger partial charge >= 0.3 is 0 Å². The number of likely N-dealkylation sites (tertiary alicyclic amines) is 1. The molecule has 5 aromatic rings. The number of hydrogen-bond donors (Lipinski definition) is 1. The topological polar surface area (TPSA) is 56.7 Å². The molecule has 0 aliphatic carbocycles. The standard InChI is InChI=1S/C34H35ClFN5O2/c1-43-28-9-10-30-23(19-28)20-31(37-30)34(42)40-13-2-3-26(40)12-14-38-15-17-39(18-16-38)33-22-41(27-7-5-25(36)6-8-27)32-11-4-24(35)21-29(32)33/h4-11,19-22,26,37H,2-3,12-18H2,1H3/t26-/m0/s1. The summed E-state index contributed by atoms with van der Waals surface area (Å²) in [6.07, 6.45) is 5.20. The van der Waals surface area contributed by atoms with Gasteiger partial charge in [0.2, 0.25) is 0 Å². The number of hydrogen-bond acceptors (Lipinski definition) is 4. The molecule has 2 saturated heterocycles. The maximum Gasteiger partial charge on any atom is 0.270 e. The van der Waals surface area contributed by atoms with Gasteiger partial charge in [0.25, 0.3) is 5.91 Å². The van der Waals surface area contributed by atoms with Gasteiger partial charge in [0.15, 0.2) is 0 Å². The highest BCUT2D eigenvalue weighted by Crippen LogP contribution is 2.34. The molecule has 1 atom stereocenters. The maximum atomic E-state index is 13.6. The first-order valence-corrected chi connectivity index (χ1v) is 15.4. The highest BCUT2D eigenvalue weighted by atomic mass is 35.5. The number of nitrogens with one attached hydrogen (secondary N) is 1. The molecule has 0 spiro atoms. The van der Waals surface area contributed by atoms with Gasteiger partial charge in [0.1, 0.15) is 17.3 Å². The summed E-state index contributed by atoms with van der Waals surface area (Å²) >= 11 is 6.42. The van der Waals surface area contributed by atoms with Crippen molar-refractivity contribution in [2.75, 3.05) is 51.3 Å². The number of halogens is 2. The van der Waals surface area contributed by atoms with Crippen molar-refractivity contribution in [3.8, 4) is 11.4 Å². The first-order valence-electron chi connectivity index (χ1n) is 15.0. The summed E-state index contributed by atoms with van der Waals surface area (Å²) in [4.78, 5) is 23.8. The highest BCUT2D eigenvalue weighted by molar-refractivity contribution is 6.31. The Morgan fingerprint density at radius 1 is 1.00 bits per heavy atom. The van der Waals surface area contributed by atoms with Crippen LogP contribution in [0.3, 0.4) is 0 Å². The molecular weight excluding hydrogens is 565 g/mol. The largest absolute Gasteiger partial charge is 0.497 e. The van der Waals surface area contributed by atoms with E-state index in [4.69, 9.17) is 16.3 Å². The van der Waals surface area contributed by atoms with Crippen LogP contribution in [0.25, 0.3) is 27.5 Å². The summed E-state index contributed by atoms with van der Waals surface area (Å²) in [7, 11) is 1.65. The number of rotatable bonds is 7. The van der Waals surface area contributed by atoms with E-state index in [0.29, 0.717) is 10.7 Å². The molecule has 2 aliphatic heterocycles. The average molecular weight is 600 g/mol. The number of fused-ring (bicyclic) bond motifs is 2. The SMILES string of the molecule is COc1ccc2[nH]c(C(=O)N3CCC[C@H]3CCN3CCN(c4cn(-c5ccc(F)cc5)c5ccc(Cl)cc45)CC3)cc2c1. The van der Waals surface area contributed by atoms with E-state index in [1.165, 1.54) is 12.1 Å². The summed E-state index contributed by atoms with van der Waals surface area (Å²) in [6, 6.07) is 20.6. The Labute approximate surface area is 255 Å². The number of amides is 1. The molecule has 0 bridgehead atoms. The van der Waals surface area contributed by atoms with Crippen molar-refractivity contribution in [1.82, 2.24) is 19.4 Å². The number of ether oxygens (including phenoxy) is 1. The summed E-state index contributed by atoms with van der Waals surface area (Å²) in [5, 5.41) is 2.78. The monoisotopic (exact) mass is 599 g/mol.